The fraction of sp³-hybridized carbons (Fsp3) is 0.294. The molecule has 0 bridgehead atoms. The number of anilines is 2. The Balaban J connectivity index is 1.73. The van der Waals surface area contributed by atoms with Gasteiger partial charge in [0.25, 0.3) is 5.91 Å². The monoisotopic (exact) mass is 349 g/mol. The number of hydrogen-bond acceptors (Lipinski definition) is 3. The van der Waals surface area contributed by atoms with Crippen LogP contribution in [0.4, 0.5) is 11.4 Å². The van der Waals surface area contributed by atoms with Gasteiger partial charge < -0.3 is 10.2 Å². The molecule has 0 atom stereocenters. The van der Waals surface area contributed by atoms with Gasteiger partial charge in [-0.3, -0.25) is 4.79 Å². The first-order valence-corrected chi connectivity index (χ1v) is 8.37. The maximum absolute atomic E-state index is 12.4. The molecule has 1 N–H and O–H groups in total. The van der Waals surface area contributed by atoms with Gasteiger partial charge in [0, 0.05) is 13.1 Å². The van der Waals surface area contributed by atoms with Gasteiger partial charge >= 0.3 is 0 Å². The molecule has 1 aromatic carbocycles. The average molecular weight is 350 g/mol. The van der Waals surface area contributed by atoms with Crippen molar-refractivity contribution in [2.75, 3.05) is 18.4 Å². The third kappa shape index (κ3) is 3.77. The molecule has 2 heterocycles. The number of amides is 1. The van der Waals surface area contributed by atoms with Gasteiger partial charge in [-0.15, -0.1) is 0 Å². The molecule has 1 aromatic heterocycles. The molecule has 0 radical (unpaired) electrons. The van der Waals surface area contributed by atoms with Crippen LogP contribution >= 0.6 is 23.2 Å². The summed E-state index contributed by atoms with van der Waals surface area (Å²) in [5, 5.41) is 4.20. The summed E-state index contributed by atoms with van der Waals surface area (Å²) in [4.78, 5) is 18.5. The minimum Gasteiger partial charge on any atom is -0.352 e. The minimum atomic E-state index is -0.00738. The molecular weight excluding hydrogens is 333 g/mol. The van der Waals surface area contributed by atoms with Crippen LogP contribution in [0, 0.1) is 0 Å². The first kappa shape index (κ1) is 16.1. The number of nitrogens with one attached hydrogen (secondary N) is 1. The van der Waals surface area contributed by atoms with Gasteiger partial charge in [0.05, 0.1) is 27.6 Å². The number of hydrogen-bond donors (Lipinski definition) is 1. The lowest BCUT2D eigenvalue weighted by atomic mass is 10.1. The highest BCUT2D eigenvalue weighted by Gasteiger charge is 2.19. The number of carbonyl (C=O) groups excluding carboxylic acids is 1. The Morgan fingerprint density at radius 1 is 1.04 bits per heavy atom. The van der Waals surface area contributed by atoms with E-state index in [4.69, 9.17) is 23.2 Å². The van der Waals surface area contributed by atoms with Crippen molar-refractivity contribution in [2.24, 2.45) is 0 Å². The number of nitrogens with zero attached hydrogens (tertiary/aromatic N) is 2. The molecule has 1 saturated heterocycles. The van der Waals surface area contributed by atoms with Crippen LogP contribution in [0.15, 0.2) is 36.5 Å². The Labute approximate surface area is 145 Å². The molecule has 0 aliphatic carbocycles. The highest BCUT2D eigenvalue weighted by molar-refractivity contribution is 6.39. The average Bonchev–Trinajstić information content (AvgIpc) is 2.59. The summed E-state index contributed by atoms with van der Waals surface area (Å²) in [5.41, 5.74) is 1.82. The number of piperidine rings is 1. The van der Waals surface area contributed by atoms with Crippen LogP contribution in [0.25, 0.3) is 0 Å². The molecule has 120 valence electrons. The lowest BCUT2D eigenvalue weighted by Crippen LogP contribution is -2.36. The molecule has 3 rings (SSSR count). The van der Waals surface area contributed by atoms with Crippen LogP contribution in [0.5, 0.6) is 0 Å². The van der Waals surface area contributed by atoms with E-state index in [0.717, 1.165) is 31.6 Å². The van der Waals surface area contributed by atoms with Crippen LogP contribution < -0.4 is 5.32 Å². The van der Waals surface area contributed by atoms with E-state index < -0.39 is 0 Å². The number of likely N-dealkylation sites (tertiary alicyclic amines) is 1. The predicted molar refractivity (Wildman–Crippen MR) is 93.7 cm³/mol. The maximum Gasteiger partial charge on any atom is 0.272 e. The highest BCUT2D eigenvalue weighted by atomic mass is 35.5. The summed E-state index contributed by atoms with van der Waals surface area (Å²) < 4.78 is 0. The Kier molecular flexibility index (Phi) is 5.03. The van der Waals surface area contributed by atoms with Crippen molar-refractivity contribution < 1.29 is 4.79 Å². The van der Waals surface area contributed by atoms with Crippen molar-refractivity contribution in [2.45, 2.75) is 19.3 Å². The Bertz CT molecular complexity index is 677. The summed E-state index contributed by atoms with van der Waals surface area (Å²) in [6, 6.07) is 8.84. The summed E-state index contributed by atoms with van der Waals surface area (Å²) in [6.45, 7) is 1.63. The van der Waals surface area contributed by atoms with Crippen LogP contribution in [0.3, 0.4) is 0 Å². The van der Waals surface area contributed by atoms with E-state index in [-0.39, 0.29) is 5.91 Å². The number of para-hydroxylation sites is 1. The smallest absolute Gasteiger partial charge is 0.272 e. The number of benzene rings is 1. The second-order valence-corrected chi connectivity index (χ2v) is 6.32. The fourth-order valence-electron chi connectivity index (χ4n) is 2.61. The van der Waals surface area contributed by atoms with Crippen molar-refractivity contribution in [1.29, 1.82) is 0 Å². The number of carbonyl (C=O) groups is 1. The number of pyridine rings is 1. The van der Waals surface area contributed by atoms with Gasteiger partial charge in [0.1, 0.15) is 5.69 Å². The first-order valence-electron chi connectivity index (χ1n) is 7.61. The molecular formula is C17H17Cl2N3O. The molecule has 2 aromatic rings. The third-order valence-corrected chi connectivity index (χ3v) is 4.49. The van der Waals surface area contributed by atoms with Crippen molar-refractivity contribution >= 4 is 40.5 Å². The molecule has 1 fully saturated rings. The van der Waals surface area contributed by atoms with Gasteiger partial charge in [-0.05, 0) is 43.5 Å². The molecule has 1 aliphatic rings. The maximum atomic E-state index is 12.4. The second kappa shape index (κ2) is 7.20. The molecule has 0 spiro atoms. The predicted octanol–water partition coefficient (Wildman–Crippen LogP) is 4.76. The minimum absolute atomic E-state index is 0.00738. The molecule has 1 aliphatic heterocycles. The molecule has 0 saturated carbocycles. The molecule has 6 heteroatoms. The zero-order valence-electron chi connectivity index (χ0n) is 12.6. The number of aromatic nitrogens is 1. The summed E-state index contributed by atoms with van der Waals surface area (Å²) in [6.07, 6.45) is 4.95. The topological polar surface area (TPSA) is 45.2 Å². The van der Waals surface area contributed by atoms with Gasteiger partial charge in [-0.1, -0.05) is 29.3 Å². The normalized spacial score (nSPS) is 14.6. The Morgan fingerprint density at radius 3 is 2.35 bits per heavy atom. The van der Waals surface area contributed by atoms with Crippen molar-refractivity contribution in [1.82, 2.24) is 9.88 Å². The fourth-order valence-corrected chi connectivity index (χ4v) is 3.11. The summed E-state index contributed by atoms with van der Waals surface area (Å²) in [5.74, 6) is -0.00738. The SMILES string of the molecule is O=C(c1ccc(Nc2c(Cl)cccc2Cl)cn1)N1CCCCC1. The standard InChI is InChI=1S/C17H17Cl2N3O/c18-13-5-4-6-14(19)16(13)21-12-7-8-15(20-11-12)17(23)22-9-2-1-3-10-22/h4-8,11,21H,1-3,9-10H2. The van der Waals surface area contributed by atoms with E-state index >= 15 is 0 Å². The zero-order valence-corrected chi connectivity index (χ0v) is 14.1. The number of halogens is 2. The largest absolute Gasteiger partial charge is 0.352 e. The lowest BCUT2D eigenvalue weighted by molar-refractivity contribution is 0.0718. The van der Waals surface area contributed by atoms with E-state index in [2.05, 4.69) is 10.3 Å². The van der Waals surface area contributed by atoms with Crippen LogP contribution in [0.2, 0.25) is 10.0 Å². The lowest BCUT2D eigenvalue weighted by Gasteiger charge is -2.26. The van der Waals surface area contributed by atoms with E-state index in [1.165, 1.54) is 6.42 Å². The number of rotatable bonds is 3. The van der Waals surface area contributed by atoms with Gasteiger partial charge in [0.2, 0.25) is 0 Å². The van der Waals surface area contributed by atoms with E-state index in [1.807, 2.05) is 11.0 Å². The molecule has 0 unspecified atom stereocenters. The summed E-state index contributed by atoms with van der Waals surface area (Å²) >= 11 is 12.3. The molecule has 23 heavy (non-hydrogen) atoms. The van der Waals surface area contributed by atoms with Crippen LogP contribution in [-0.2, 0) is 0 Å². The summed E-state index contributed by atoms with van der Waals surface area (Å²) in [7, 11) is 0. The van der Waals surface area contributed by atoms with Gasteiger partial charge in [-0.2, -0.15) is 0 Å². The van der Waals surface area contributed by atoms with Crippen molar-refractivity contribution in [3.05, 3.63) is 52.3 Å². The van der Waals surface area contributed by atoms with E-state index in [0.29, 0.717) is 21.4 Å². The van der Waals surface area contributed by atoms with Gasteiger partial charge in [-0.25, -0.2) is 4.98 Å². The van der Waals surface area contributed by atoms with Crippen molar-refractivity contribution in [3.63, 3.8) is 0 Å². The first-order chi connectivity index (χ1) is 11.1. The molecule has 1 amide bonds. The van der Waals surface area contributed by atoms with Crippen LogP contribution in [-0.4, -0.2) is 28.9 Å². The van der Waals surface area contributed by atoms with E-state index in [9.17, 15) is 4.79 Å². The van der Waals surface area contributed by atoms with E-state index in [1.54, 1.807) is 30.5 Å². The Hall–Kier alpha value is -1.78. The van der Waals surface area contributed by atoms with Crippen molar-refractivity contribution in [3.8, 4) is 0 Å². The zero-order chi connectivity index (χ0) is 16.2. The van der Waals surface area contributed by atoms with Crippen LogP contribution in [0.1, 0.15) is 29.8 Å². The Morgan fingerprint density at radius 2 is 1.74 bits per heavy atom. The highest BCUT2D eigenvalue weighted by Crippen LogP contribution is 2.32. The quantitative estimate of drug-likeness (QED) is 0.868. The van der Waals surface area contributed by atoms with Gasteiger partial charge in [0.15, 0.2) is 0 Å². The second-order valence-electron chi connectivity index (χ2n) is 5.51. The third-order valence-electron chi connectivity index (χ3n) is 3.86. The molecule has 4 nitrogen and oxygen atoms in total.